The van der Waals surface area contributed by atoms with Crippen molar-refractivity contribution >= 4 is 46.3 Å². The van der Waals surface area contributed by atoms with Gasteiger partial charge in [0.05, 0.1) is 22.8 Å². The molecule has 1 N–H and O–H groups in total. The number of fused-ring (bicyclic) bond motifs is 1. The van der Waals surface area contributed by atoms with Gasteiger partial charge in [-0.25, -0.2) is 4.98 Å². The van der Waals surface area contributed by atoms with Crippen LogP contribution in [-0.2, 0) is 0 Å². The maximum Gasteiger partial charge on any atom is 0.387 e. The Kier molecular flexibility index (Phi) is 5.68. The Morgan fingerprint density at radius 1 is 1.11 bits per heavy atom. The van der Waals surface area contributed by atoms with Crippen LogP contribution in [0.15, 0.2) is 36.4 Å². The number of nitrogens with zero attached hydrogens (tertiary/aromatic N) is 1. The second-order valence-electron chi connectivity index (χ2n) is 5.41. The maximum absolute atomic E-state index is 12.7. The molecule has 0 bridgehead atoms. The SMILES string of the molecule is COc1cccc(/C=C/c2ccc3c(Cl)cc(Cl)c(O)c3n2)c1OC(F)F. The van der Waals surface area contributed by atoms with Gasteiger partial charge in [-0.1, -0.05) is 35.3 Å². The molecule has 27 heavy (non-hydrogen) atoms. The molecule has 0 radical (unpaired) electrons. The van der Waals surface area contributed by atoms with Crippen molar-refractivity contribution in [1.29, 1.82) is 0 Å². The normalized spacial score (nSPS) is 11.5. The molecule has 1 aromatic heterocycles. The molecule has 0 spiro atoms. The smallest absolute Gasteiger partial charge is 0.387 e. The number of hydrogen-bond acceptors (Lipinski definition) is 4. The van der Waals surface area contributed by atoms with Crippen LogP contribution in [0.2, 0.25) is 10.0 Å². The zero-order chi connectivity index (χ0) is 19.6. The van der Waals surface area contributed by atoms with E-state index in [0.717, 1.165) is 0 Å². The lowest BCUT2D eigenvalue weighted by atomic mass is 10.1. The van der Waals surface area contributed by atoms with Gasteiger partial charge in [0.25, 0.3) is 0 Å². The number of phenolic OH excluding ortho intramolecular Hbond substituents is 1. The first-order chi connectivity index (χ1) is 12.9. The number of hydrogen-bond donors (Lipinski definition) is 1. The molecule has 0 saturated heterocycles. The lowest BCUT2D eigenvalue weighted by Gasteiger charge is -2.12. The minimum atomic E-state index is -2.99. The highest BCUT2D eigenvalue weighted by atomic mass is 35.5. The highest BCUT2D eigenvalue weighted by Gasteiger charge is 2.14. The molecule has 0 aliphatic rings. The molecule has 4 nitrogen and oxygen atoms in total. The van der Waals surface area contributed by atoms with Gasteiger partial charge in [0.15, 0.2) is 17.2 Å². The molecular weight excluding hydrogens is 399 g/mol. The minimum Gasteiger partial charge on any atom is -0.504 e. The molecular formula is C19H13Cl2F2NO3. The molecule has 0 atom stereocenters. The quantitative estimate of drug-likeness (QED) is 0.556. The van der Waals surface area contributed by atoms with Crippen LogP contribution in [0.1, 0.15) is 11.3 Å². The molecule has 0 aliphatic heterocycles. The van der Waals surface area contributed by atoms with Gasteiger partial charge in [0.2, 0.25) is 0 Å². The molecule has 8 heteroatoms. The Hall–Kier alpha value is -2.57. The van der Waals surface area contributed by atoms with Gasteiger partial charge in [0, 0.05) is 10.9 Å². The van der Waals surface area contributed by atoms with Gasteiger partial charge >= 0.3 is 6.61 Å². The summed E-state index contributed by atoms with van der Waals surface area (Å²) >= 11 is 12.0. The van der Waals surface area contributed by atoms with E-state index >= 15 is 0 Å². The zero-order valence-corrected chi connectivity index (χ0v) is 15.4. The molecule has 0 amide bonds. The summed E-state index contributed by atoms with van der Waals surface area (Å²) in [6.07, 6.45) is 3.14. The van der Waals surface area contributed by atoms with Gasteiger partial charge < -0.3 is 14.6 Å². The van der Waals surface area contributed by atoms with Crippen LogP contribution in [0.4, 0.5) is 8.78 Å². The predicted octanol–water partition coefficient (Wildman–Crippen LogP) is 6.03. The van der Waals surface area contributed by atoms with Crippen molar-refractivity contribution in [3.63, 3.8) is 0 Å². The third-order valence-corrected chi connectivity index (χ3v) is 4.35. The Balaban J connectivity index is 2.03. The van der Waals surface area contributed by atoms with E-state index < -0.39 is 6.61 Å². The largest absolute Gasteiger partial charge is 0.504 e. The molecule has 3 aromatic rings. The first-order valence-electron chi connectivity index (χ1n) is 7.68. The number of rotatable bonds is 5. The molecule has 2 aromatic carbocycles. The Bertz CT molecular complexity index is 1030. The molecule has 140 valence electrons. The van der Waals surface area contributed by atoms with Crippen molar-refractivity contribution in [3.8, 4) is 17.2 Å². The number of alkyl halides is 2. The molecule has 0 aliphatic carbocycles. The minimum absolute atomic E-state index is 0.0824. The van der Waals surface area contributed by atoms with Crippen LogP contribution in [0.25, 0.3) is 23.1 Å². The van der Waals surface area contributed by atoms with Crippen molar-refractivity contribution in [3.05, 3.63) is 57.7 Å². The molecule has 1 heterocycles. The summed E-state index contributed by atoms with van der Waals surface area (Å²) < 4.78 is 35.1. The summed E-state index contributed by atoms with van der Waals surface area (Å²) in [4.78, 5) is 4.32. The summed E-state index contributed by atoms with van der Waals surface area (Å²) in [6, 6.07) is 9.56. The first kappa shape index (κ1) is 19.2. The number of ether oxygens (including phenoxy) is 2. The third kappa shape index (κ3) is 4.07. The van der Waals surface area contributed by atoms with Crippen LogP contribution in [0.5, 0.6) is 17.2 Å². The lowest BCUT2D eigenvalue weighted by Crippen LogP contribution is -2.04. The summed E-state index contributed by atoms with van der Waals surface area (Å²) in [6.45, 7) is -2.99. The fourth-order valence-corrected chi connectivity index (χ4v) is 3.04. The van der Waals surface area contributed by atoms with Crippen LogP contribution in [0, 0.1) is 0 Å². The number of para-hydroxylation sites is 1. The van der Waals surface area contributed by atoms with E-state index in [2.05, 4.69) is 9.72 Å². The third-order valence-electron chi connectivity index (χ3n) is 3.75. The standard InChI is InChI=1S/C19H13Cl2F2NO3/c1-26-15-4-2-3-10(18(15)27-19(22)23)5-6-11-7-8-12-13(20)9-14(21)17(25)16(12)24-11/h2-9,19,25H,1H3/b6-5+. The molecule has 0 saturated carbocycles. The zero-order valence-electron chi connectivity index (χ0n) is 13.9. The topological polar surface area (TPSA) is 51.6 Å². The fraction of sp³-hybridized carbons (Fsp3) is 0.105. The fourth-order valence-electron chi connectivity index (χ4n) is 2.53. The van der Waals surface area contributed by atoms with Gasteiger partial charge in [-0.05, 0) is 36.4 Å². The van der Waals surface area contributed by atoms with E-state index in [4.69, 9.17) is 27.9 Å². The van der Waals surface area contributed by atoms with Crippen LogP contribution < -0.4 is 9.47 Å². The first-order valence-corrected chi connectivity index (χ1v) is 8.44. The number of phenols is 1. The van der Waals surface area contributed by atoms with Crippen LogP contribution >= 0.6 is 23.2 Å². The number of aromatic hydroxyl groups is 1. The number of halogens is 4. The van der Waals surface area contributed by atoms with E-state index in [9.17, 15) is 13.9 Å². The lowest BCUT2D eigenvalue weighted by molar-refractivity contribution is -0.0513. The number of aromatic nitrogens is 1. The van der Waals surface area contributed by atoms with Crippen molar-refractivity contribution < 1.29 is 23.4 Å². The highest BCUT2D eigenvalue weighted by Crippen LogP contribution is 2.37. The molecule has 0 unspecified atom stereocenters. The van der Waals surface area contributed by atoms with Gasteiger partial charge in [-0.15, -0.1) is 0 Å². The number of benzene rings is 2. The van der Waals surface area contributed by atoms with E-state index in [1.165, 1.54) is 19.2 Å². The predicted molar refractivity (Wildman–Crippen MR) is 102 cm³/mol. The molecule has 3 rings (SSSR count). The average molecular weight is 412 g/mol. The monoisotopic (exact) mass is 411 g/mol. The van der Waals surface area contributed by atoms with Crippen molar-refractivity contribution in [2.45, 2.75) is 6.61 Å². The van der Waals surface area contributed by atoms with Gasteiger partial charge in [-0.3, -0.25) is 0 Å². The summed E-state index contributed by atoms with van der Waals surface area (Å²) in [5.41, 5.74) is 1.08. The van der Waals surface area contributed by atoms with Gasteiger partial charge in [0.1, 0.15) is 5.52 Å². The summed E-state index contributed by atoms with van der Waals surface area (Å²) in [5, 5.41) is 11.1. The number of methoxy groups -OCH3 is 1. The van der Waals surface area contributed by atoms with Crippen molar-refractivity contribution in [2.24, 2.45) is 0 Å². The van der Waals surface area contributed by atoms with E-state index in [1.807, 2.05) is 0 Å². The molecule has 0 fully saturated rings. The van der Waals surface area contributed by atoms with E-state index in [0.29, 0.717) is 21.7 Å². The highest BCUT2D eigenvalue weighted by molar-refractivity contribution is 6.39. The summed E-state index contributed by atoms with van der Waals surface area (Å²) in [7, 11) is 1.36. The van der Waals surface area contributed by atoms with Crippen molar-refractivity contribution in [1.82, 2.24) is 4.98 Å². The Labute approximate surface area is 163 Å². The van der Waals surface area contributed by atoms with E-state index in [-0.39, 0.29) is 27.8 Å². The van der Waals surface area contributed by atoms with Gasteiger partial charge in [-0.2, -0.15) is 8.78 Å². The Morgan fingerprint density at radius 3 is 2.59 bits per heavy atom. The van der Waals surface area contributed by atoms with Crippen molar-refractivity contribution in [2.75, 3.05) is 7.11 Å². The maximum atomic E-state index is 12.7. The second kappa shape index (κ2) is 7.98. The van der Waals surface area contributed by atoms with Crippen LogP contribution in [0.3, 0.4) is 0 Å². The average Bonchev–Trinajstić information content (AvgIpc) is 2.64. The Morgan fingerprint density at radius 2 is 1.89 bits per heavy atom. The van der Waals surface area contributed by atoms with Crippen LogP contribution in [-0.4, -0.2) is 23.8 Å². The summed E-state index contributed by atoms with van der Waals surface area (Å²) in [5.74, 6) is -0.0875. The number of pyridine rings is 1. The second-order valence-corrected chi connectivity index (χ2v) is 6.23. The van der Waals surface area contributed by atoms with E-state index in [1.54, 1.807) is 36.4 Å².